The van der Waals surface area contributed by atoms with Crippen molar-refractivity contribution in [1.29, 1.82) is 0 Å². The van der Waals surface area contributed by atoms with Crippen LogP contribution in [0.25, 0.3) is 0 Å². The lowest BCUT2D eigenvalue weighted by molar-refractivity contribution is -0.787. The molecule has 1 unspecified atom stereocenters. The highest BCUT2D eigenvalue weighted by Gasteiger charge is 2.07. The maximum Gasteiger partial charge on any atom is 0.102 e. The Labute approximate surface area is 75.2 Å². The van der Waals surface area contributed by atoms with Crippen molar-refractivity contribution in [3.63, 3.8) is 0 Å². The fraction of sp³-hybridized carbons (Fsp3) is 0.556. The predicted octanol–water partition coefficient (Wildman–Crippen LogP) is -1.89. The second kappa shape index (κ2) is 5.39. The van der Waals surface area contributed by atoms with E-state index >= 15 is 0 Å². The first-order valence-electron chi connectivity index (χ1n) is 4.11. The summed E-state index contributed by atoms with van der Waals surface area (Å²) in [5.74, 6) is 0. The Morgan fingerprint density at radius 1 is 1.36 bits per heavy atom. The average molecular weight is 174 g/mol. The number of nitrogens with one attached hydrogen (secondary N) is 1. The van der Waals surface area contributed by atoms with E-state index in [1.165, 1.54) is 29.9 Å². The zero-order valence-corrected chi connectivity index (χ0v) is 7.99. The number of rotatable bonds is 3. The molecule has 1 aliphatic heterocycles. The van der Waals surface area contributed by atoms with Crippen LogP contribution < -0.4 is 17.3 Å². The van der Waals surface area contributed by atoms with E-state index in [0.717, 1.165) is 0 Å². The van der Waals surface area contributed by atoms with Crippen molar-refractivity contribution in [2.45, 2.75) is 26.7 Å². The molecule has 1 rings (SSSR count). The first-order chi connectivity index (χ1) is 4.86. The molecule has 0 aromatic rings. The number of quaternary nitrogens is 1. The van der Waals surface area contributed by atoms with Gasteiger partial charge in [0.25, 0.3) is 0 Å². The van der Waals surface area contributed by atoms with E-state index in [2.05, 4.69) is 32.3 Å². The Kier molecular flexibility index (Phi) is 5.26. The number of allylic oxidation sites excluding steroid dienone is 2. The molecule has 0 radical (unpaired) electrons. The van der Waals surface area contributed by atoms with Gasteiger partial charge in [-0.15, -0.1) is 0 Å². The molecule has 0 saturated carbocycles. The SMILES string of the molecule is CCC[NH+]1C=CC(CC)=C1.[Cl-]. The van der Waals surface area contributed by atoms with Gasteiger partial charge in [0.05, 0.1) is 12.7 Å². The summed E-state index contributed by atoms with van der Waals surface area (Å²) in [4.78, 5) is 1.50. The maximum absolute atomic E-state index is 2.31. The summed E-state index contributed by atoms with van der Waals surface area (Å²) >= 11 is 0. The number of halogens is 1. The van der Waals surface area contributed by atoms with Crippen molar-refractivity contribution in [2.75, 3.05) is 6.54 Å². The van der Waals surface area contributed by atoms with Gasteiger partial charge in [0.1, 0.15) is 6.20 Å². The van der Waals surface area contributed by atoms with Gasteiger partial charge in [-0.1, -0.05) is 13.8 Å². The minimum absolute atomic E-state index is 0. The van der Waals surface area contributed by atoms with Crippen LogP contribution in [0.3, 0.4) is 0 Å². The van der Waals surface area contributed by atoms with Crippen LogP contribution in [0.15, 0.2) is 24.0 Å². The molecule has 0 fully saturated rings. The lowest BCUT2D eigenvalue weighted by atomic mass is 10.2. The molecule has 1 nitrogen and oxygen atoms in total. The van der Waals surface area contributed by atoms with E-state index in [4.69, 9.17) is 0 Å². The van der Waals surface area contributed by atoms with Crippen molar-refractivity contribution in [3.8, 4) is 0 Å². The van der Waals surface area contributed by atoms with E-state index in [9.17, 15) is 0 Å². The quantitative estimate of drug-likeness (QED) is 0.509. The standard InChI is InChI=1S/C9H15N.ClH/c1-3-6-10-7-5-9(4-2)8-10;/h5,7-8H,3-4,6H2,1-2H3;1H. The van der Waals surface area contributed by atoms with E-state index in [0.29, 0.717) is 0 Å². The molecule has 64 valence electrons. The summed E-state index contributed by atoms with van der Waals surface area (Å²) < 4.78 is 0. The molecule has 0 spiro atoms. The van der Waals surface area contributed by atoms with Gasteiger partial charge in [0, 0.05) is 11.6 Å². The van der Waals surface area contributed by atoms with Crippen molar-refractivity contribution in [2.24, 2.45) is 0 Å². The van der Waals surface area contributed by atoms with Crippen LogP contribution in [0.5, 0.6) is 0 Å². The van der Waals surface area contributed by atoms with Crippen LogP contribution in [0.2, 0.25) is 0 Å². The zero-order valence-electron chi connectivity index (χ0n) is 7.23. The molecule has 0 bridgehead atoms. The Bertz CT molecular complexity index is 161. The van der Waals surface area contributed by atoms with E-state index < -0.39 is 0 Å². The molecule has 0 aromatic heterocycles. The third-order valence-corrected chi connectivity index (χ3v) is 1.83. The Morgan fingerprint density at radius 3 is 2.55 bits per heavy atom. The fourth-order valence-electron chi connectivity index (χ4n) is 1.21. The molecule has 1 N–H and O–H groups in total. The Hall–Kier alpha value is -0.270. The van der Waals surface area contributed by atoms with Crippen LogP contribution in [-0.4, -0.2) is 6.54 Å². The van der Waals surface area contributed by atoms with Crippen LogP contribution >= 0.6 is 0 Å². The normalized spacial score (nSPS) is 21.3. The van der Waals surface area contributed by atoms with Crippen molar-refractivity contribution in [3.05, 3.63) is 24.0 Å². The van der Waals surface area contributed by atoms with Gasteiger partial charge in [0.15, 0.2) is 0 Å². The summed E-state index contributed by atoms with van der Waals surface area (Å²) in [5, 5.41) is 0. The maximum atomic E-state index is 2.31. The Balaban J connectivity index is 0.000001000. The van der Waals surface area contributed by atoms with Crippen molar-refractivity contribution in [1.82, 2.24) is 0 Å². The zero-order chi connectivity index (χ0) is 7.40. The van der Waals surface area contributed by atoms with Gasteiger partial charge in [-0.2, -0.15) is 0 Å². The molecule has 1 atom stereocenters. The Morgan fingerprint density at radius 2 is 2.09 bits per heavy atom. The third-order valence-electron chi connectivity index (χ3n) is 1.83. The highest BCUT2D eigenvalue weighted by atomic mass is 35.5. The third kappa shape index (κ3) is 3.08. The van der Waals surface area contributed by atoms with E-state index in [1.807, 2.05) is 0 Å². The predicted molar refractivity (Wildman–Crippen MR) is 43.6 cm³/mol. The van der Waals surface area contributed by atoms with Gasteiger partial charge in [-0.25, -0.2) is 0 Å². The molecular weight excluding hydrogens is 158 g/mol. The van der Waals surface area contributed by atoms with Crippen molar-refractivity contribution < 1.29 is 17.3 Å². The second-order valence-electron chi connectivity index (χ2n) is 2.73. The summed E-state index contributed by atoms with van der Waals surface area (Å²) in [6, 6.07) is 0. The van der Waals surface area contributed by atoms with Crippen molar-refractivity contribution >= 4 is 0 Å². The van der Waals surface area contributed by atoms with Gasteiger partial charge < -0.3 is 12.4 Å². The topological polar surface area (TPSA) is 4.44 Å². The minimum atomic E-state index is 0. The van der Waals surface area contributed by atoms with Gasteiger partial charge >= 0.3 is 0 Å². The highest BCUT2D eigenvalue weighted by molar-refractivity contribution is 5.17. The molecule has 1 heterocycles. The fourth-order valence-corrected chi connectivity index (χ4v) is 1.21. The summed E-state index contributed by atoms with van der Waals surface area (Å²) in [5.41, 5.74) is 1.48. The molecule has 11 heavy (non-hydrogen) atoms. The van der Waals surface area contributed by atoms with Crippen LogP contribution in [0.4, 0.5) is 0 Å². The molecule has 0 aliphatic carbocycles. The monoisotopic (exact) mass is 173 g/mol. The minimum Gasteiger partial charge on any atom is -1.00 e. The van der Waals surface area contributed by atoms with Gasteiger partial charge in [0.2, 0.25) is 0 Å². The number of hydrogen-bond donors (Lipinski definition) is 1. The lowest BCUT2D eigenvalue weighted by Crippen LogP contribution is -3.01. The molecular formula is C9H16ClN. The summed E-state index contributed by atoms with van der Waals surface area (Å²) in [6.45, 7) is 5.66. The molecule has 0 saturated heterocycles. The van der Waals surface area contributed by atoms with Crippen LogP contribution in [-0.2, 0) is 0 Å². The number of hydrogen-bond acceptors (Lipinski definition) is 0. The first kappa shape index (κ1) is 10.7. The highest BCUT2D eigenvalue weighted by Crippen LogP contribution is 2.01. The van der Waals surface area contributed by atoms with E-state index in [-0.39, 0.29) is 12.4 Å². The smallest absolute Gasteiger partial charge is 0.102 e. The first-order valence-corrected chi connectivity index (χ1v) is 4.11. The largest absolute Gasteiger partial charge is 1.00 e. The average Bonchev–Trinajstić information content (AvgIpc) is 2.37. The van der Waals surface area contributed by atoms with Gasteiger partial charge in [-0.05, 0) is 12.8 Å². The van der Waals surface area contributed by atoms with Crippen LogP contribution in [0.1, 0.15) is 26.7 Å². The summed E-state index contributed by atoms with van der Waals surface area (Å²) in [6.07, 6.45) is 9.20. The molecule has 0 aromatic carbocycles. The van der Waals surface area contributed by atoms with Crippen LogP contribution in [0, 0.1) is 0 Å². The molecule has 2 heteroatoms. The lowest BCUT2D eigenvalue weighted by Gasteiger charge is -2.02. The molecule has 1 aliphatic rings. The van der Waals surface area contributed by atoms with E-state index in [1.54, 1.807) is 0 Å². The summed E-state index contributed by atoms with van der Waals surface area (Å²) in [7, 11) is 0. The van der Waals surface area contributed by atoms with Gasteiger partial charge in [-0.3, -0.25) is 4.90 Å². The second-order valence-corrected chi connectivity index (χ2v) is 2.73. The molecule has 0 amide bonds.